The molecule has 0 saturated carbocycles. The number of nitrogens with two attached hydrogens (primary N) is 1. The molecule has 0 aromatic carbocycles. The topological polar surface area (TPSA) is 68.8 Å². The van der Waals surface area contributed by atoms with Crippen LogP contribution in [0.5, 0.6) is 0 Å². The summed E-state index contributed by atoms with van der Waals surface area (Å²) in [5, 5.41) is 7.71. The van der Waals surface area contributed by atoms with Gasteiger partial charge in [-0.05, 0) is 26.0 Å². The number of hydrogen-bond acceptors (Lipinski definition) is 4. The molecule has 0 amide bonds. The zero-order valence-electron chi connectivity index (χ0n) is 11.3. The highest BCUT2D eigenvalue weighted by Gasteiger charge is 2.11. The van der Waals surface area contributed by atoms with E-state index < -0.39 is 0 Å². The molecule has 2 rings (SSSR count). The third-order valence-corrected chi connectivity index (χ3v) is 3.35. The number of nitrogens with zero attached hydrogens (tertiary/aromatic N) is 3. The molecule has 2 aromatic heterocycles. The van der Waals surface area contributed by atoms with Crippen LogP contribution in [0.2, 0.25) is 0 Å². The molecular weight excluding hydrogens is 258 g/mol. The largest absolute Gasteiger partial charge is 0.388 e. The molecule has 3 N–H and O–H groups in total. The highest BCUT2D eigenvalue weighted by atomic mass is 32.1. The van der Waals surface area contributed by atoms with E-state index in [2.05, 4.69) is 22.3 Å². The maximum absolute atomic E-state index is 5.66. The van der Waals surface area contributed by atoms with Crippen molar-refractivity contribution in [3.63, 3.8) is 0 Å². The molecule has 0 radical (unpaired) electrons. The lowest BCUT2D eigenvalue weighted by Crippen LogP contribution is -2.15. The zero-order chi connectivity index (χ0) is 14.0. The van der Waals surface area contributed by atoms with Gasteiger partial charge in [-0.3, -0.25) is 9.67 Å². The minimum Gasteiger partial charge on any atom is -0.388 e. The summed E-state index contributed by atoms with van der Waals surface area (Å²) in [6.07, 6.45) is 1.68. The lowest BCUT2D eigenvalue weighted by molar-refractivity contribution is 0.730. The summed E-state index contributed by atoms with van der Waals surface area (Å²) in [7, 11) is 1.94. The molecule has 2 heterocycles. The van der Waals surface area contributed by atoms with Gasteiger partial charge in [-0.2, -0.15) is 5.10 Å². The van der Waals surface area contributed by atoms with Crippen LogP contribution in [0.1, 0.15) is 22.6 Å². The molecule has 0 atom stereocenters. The van der Waals surface area contributed by atoms with Crippen molar-refractivity contribution in [3.8, 4) is 0 Å². The smallest absolute Gasteiger partial charge is 0.124 e. The molecule has 2 aromatic rings. The van der Waals surface area contributed by atoms with Crippen molar-refractivity contribution in [1.82, 2.24) is 14.8 Å². The van der Waals surface area contributed by atoms with Crippen molar-refractivity contribution >= 4 is 22.9 Å². The standard InChI is InChI=1S/C13H17N5S/c1-8-10(9(2)18(3)17-8)7-16-11-5-4-6-15-12(11)13(14)19/h4-6,16H,7H2,1-3H3,(H2,14,19). The molecule has 5 nitrogen and oxygen atoms in total. The Hall–Kier alpha value is -1.95. The van der Waals surface area contributed by atoms with Crippen LogP contribution in [0.25, 0.3) is 0 Å². The maximum atomic E-state index is 5.66. The summed E-state index contributed by atoms with van der Waals surface area (Å²) in [4.78, 5) is 4.49. The Morgan fingerprint density at radius 2 is 2.21 bits per heavy atom. The minimum atomic E-state index is 0.294. The van der Waals surface area contributed by atoms with Gasteiger partial charge in [0.2, 0.25) is 0 Å². The van der Waals surface area contributed by atoms with Gasteiger partial charge in [-0.15, -0.1) is 0 Å². The van der Waals surface area contributed by atoms with Crippen molar-refractivity contribution in [3.05, 3.63) is 41.0 Å². The number of aromatic nitrogens is 3. The number of nitrogens with one attached hydrogen (secondary N) is 1. The van der Waals surface area contributed by atoms with E-state index in [1.54, 1.807) is 6.20 Å². The van der Waals surface area contributed by atoms with Crippen LogP contribution in [0, 0.1) is 13.8 Å². The number of aryl methyl sites for hydroxylation is 2. The summed E-state index contributed by atoms with van der Waals surface area (Å²) >= 11 is 4.99. The minimum absolute atomic E-state index is 0.294. The lowest BCUT2D eigenvalue weighted by Gasteiger charge is -2.10. The number of pyridine rings is 1. The van der Waals surface area contributed by atoms with Gasteiger partial charge in [-0.25, -0.2) is 0 Å². The molecule has 19 heavy (non-hydrogen) atoms. The fraction of sp³-hybridized carbons (Fsp3) is 0.308. The van der Waals surface area contributed by atoms with Gasteiger partial charge in [0.05, 0.1) is 11.4 Å². The molecule has 0 unspecified atom stereocenters. The molecule has 0 aliphatic rings. The van der Waals surface area contributed by atoms with Crippen molar-refractivity contribution < 1.29 is 0 Å². The van der Waals surface area contributed by atoms with Gasteiger partial charge >= 0.3 is 0 Å². The third-order valence-electron chi connectivity index (χ3n) is 3.16. The van der Waals surface area contributed by atoms with Gasteiger partial charge in [0, 0.05) is 31.0 Å². The van der Waals surface area contributed by atoms with Gasteiger partial charge in [0.15, 0.2) is 0 Å². The summed E-state index contributed by atoms with van der Waals surface area (Å²) in [6, 6.07) is 3.77. The molecule has 0 spiro atoms. The Morgan fingerprint density at radius 1 is 1.47 bits per heavy atom. The van der Waals surface area contributed by atoms with E-state index in [9.17, 15) is 0 Å². The molecule has 0 bridgehead atoms. The Labute approximate surface area is 117 Å². The maximum Gasteiger partial charge on any atom is 0.124 e. The van der Waals surface area contributed by atoms with Gasteiger partial charge < -0.3 is 11.1 Å². The molecule has 100 valence electrons. The average Bonchev–Trinajstić information content (AvgIpc) is 2.61. The number of hydrogen-bond donors (Lipinski definition) is 2. The van der Waals surface area contributed by atoms with E-state index in [1.165, 1.54) is 5.56 Å². The average molecular weight is 275 g/mol. The number of thiocarbonyl (C=S) groups is 1. The highest BCUT2D eigenvalue weighted by molar-refractivity contribution is 7.80. The second-order valence-corrected chi connectivity index (χ2v) is 4.83. The number of anilines is 1. The van der Waals surface area contributed by atoms with Crippen LogP contribution in [-0.4, -0.2) is 19.8 Å². The molecule has 0 fully saturated rings. The van der Waals surface area contributed by atoms with Crippen molar-refractivity contribution in [1.29, 1.82) is 0 Å². The molecular formula is C13H17N5S. The molecule has 6 heteroatoms. The lowest BCUT2D eigenvalue weighted by atomic mass is 10.2. The van der Waals surface area contributed by atoms with E-state index in [-0.39, 0.29) is 0 Å². The highest BCUT2D eigenvalue weighted by Crippen LogP contribution is 2.17. The van der Waals surface area contributed by atoms with E-state index in [1.807, 2.05) is 30.8 Å². The number of rotatable bonds is 4. The van der Waals surface area contributed by atoms with Crippen LogP contribution < -0.4 is 11.1 Å². The molecule has 0 aliphatic heterocycles. The van der Waals surface area contributed by atoms with Gasteiger partial charge in [0.1, 0.15) is 10.7 Å². The third kappa shape index (κ3) is 2.73. The Kier molecular flexibility index (Phi) is 3.80. The Balaban J connectivity index is 2.22. The Morgan fingerprint density at radius 3 is 2.79 bits per heavy atom. The first-order valence-corrected chi connectivity index (χ1v) is 6.39. The fourth-order valence-electron chi connectivity index (χ4n) is 2.00. The van der Waals surface area contributed by atoms with Crippen LogP contribution in [0.4, 0.5) is 5.69 Å². The monoisotopic (exact) mass is 275 g/mol. The Bertz CT molecular complexity index is 617. The summed E-state index contributed by atoms with van der Waals surface area (Å²) < 4.78 is 1.88. The normalized spacial score (nSPS) is 10.5. The second kappa shape index (κ2) is 5.36. The second-order valence-electron chi connectivity index (χ2n) is 4.39. The van der Waals surface area contributed by atoms with Crippen molar-refractivity contribution in [2.45, 2.75) is 20.4 Å². The van der Waals surface area contributed by atoms with E-state index >= 15 is 0 Å². The first-order chi connectivity index (χ1) is 9.00. The predicted octanol–water partition coefficient (Wildman–Crippen LogP) is 1.68. The van der Waals surface area contributed by atoms with Crippen LogP contribution in [-0.2, 0) is 13.6 Å². The van der Waals surface area contributed by atoms with E-state index in [4.69, 9.17) is 18.0 Å². The first kappa shape index (κ1) is 13.5. The summed E-state index contributed by atoms with van der Waals surface area (Å²) in [5.74, 6) is 0. The van der Waals surface area contributed by atoms with Crippen LogP contribution >= 0.6 is 12.2 Å². The zero-order valence-corrected chi connectivity index (χ0v) is 12.1. The quantitative estimate of drug-likeness (QED) is 0.831. The fourth-order valence-corrected chi connectivity index (χ4v) is 2.16. The molecule has 0 aliphatic carbocycles. The van der Waals surface area contributed by atoms with E-state index in [0.717, 1.165) is 17.1 Å². The van der Waals surface area contributed by atoms with Crippen molar-refractivity contribution in [2.75, 3.05) is 5.32 Å². The van der Waals surface area contributed by atoms with Crippen LogP contribution in [0.3, 0.4) is 0 Å². The molecule has 0 saturated heterocycles. The van der Waals surface area contributed by atoms with Crippen molar-refractivity contribution in [2.24, 2.45) is 12.8 Å². The van der Waals surface area contributed by atoms with Gasteiger partial charge in [0.25, 0.3) is 0 Å². The van der Waals surface area contributed by atoms with Gasteiger partial charge in [-0.1, -0.05) is 12.2 Å². The van der Waals surface area contributed by atoms with Crippen LogP contribution in [0.15, 0.2) is 18.3 Å². The predicted molar refractivity (Wildman–Crippen MR) is 80.1 cm³/mol. The summed E-state index contributed by atoms with van der Waals surface area (Å²) in [6.45, 7) is 4.73. The first-order valence-electron chi connectivity index (χ1n) is 5.98. The summed E-state index contributed by atoms with van der Waals surface area (Å²) in [5.41, 5.74) is 10.5. The van der Waals surface area contributed by atoms with E-state index in [0.29, 0.717) is 17.2 Å². The SMILES string of the molecule is Cc1nn(C)c(C)c1CNc1cccnc1C(N)=S.